The van der Waals surface area contributed by atoms with E-state index in [1.165, 1.54) is 0 Å². The van der Waals surface area contributed by atoms with Crippen molar-refractivity contribution in [1.82, 2.24) is 0 Å². The Kier molecular flexibility index (Phi) is 7.06. The van der Waals surface area contributed by atoms with Crippen molar-refractivity contribution in [3.63, 3.8) is 0 Å². The predicted octanol–water partition coefficient (Wildman–Crippen LogP) is -0.327. The van der Waals surface area contributed by atoms with Crippen LogP contribution in [0.1, 0.15) is 13.8 Å². The van der Waals surface area contributed by atoms with Gasteiger partial charge in [0.1, 0.15) is 6.04 Å². The van der Waals surface area contributed by atoms with Crippen molar-refractivity contribution in [2.75, 3.05) is 0 Å². The van der Waals surface area contributed by atoms with Gasteiger partial charge in [-0.2, -0.15) is 0 Å². The van der Waals surface area contributed by atoms with Crippen molar-refractivity contribution in [2.24, 2.45) is 11.7 Å². The Morgan fingerprint density at radius 1 is 1.56 bits per heavy atom. The van der Waals surface area contributed by atoms with Gasteiger partial charge < -0.3 is 10.8 Å². The molecule has 1 atom stereocenters. The molecule has 9 heavy (non-hydrogen) atoms. The van der Waals surface area contributed by atoms with E-state index in [0.717, 1.165) is 0 Å². The number of hydrogen-bond donors (Lipinski definition) is 2. The van der Waals surface area contributed by atoms with Gasteiger partial charge in [-0.15, -0.1) is 0 Å². The zero-order valence-corrected chi connectivity index (χ0v) is 8.09. The summed E-state index contributed by atoms with van der Waals surface area (Å²) in [6.07, 6.45) is 0. The third-order valence-corrected chi connectivity index (χ3v) is 1.00. The van der Waals surface area contributed by atoms with Crippen LogP contribution in [0.3, 0.4) is 0 Å². The Morgan fingerprint density at radius 3 is 1.89 bits per heavy atom. The van der Waals surface area contributed by atoms with Gasteiger partial charge in [0.25, 0.3) is 0 Å². The van der Waals surface area contributed by atoms with Gasteiger partial charge in [0.15, 0.2) is 0 Å². The van der Waals surface area contributed by atoms with E-state index in [0.29, 0.717) is 0 Å². The first-order valence-electron chi connectivity index (χ1n) is 2.54. The van der Waals surface area contributed by atoms with E-state index >= 15 is 0 Å². The van der Waals surface area contributed by atoms with Crippen LogP contribution in [0.4, 0.5) is 0 Å². The van der Waals surface area contributed by atoms with Gasteiger partial charge in [0.2, 0.25) is 0 Å². The Hall–Kier alpha value is 0.430. The van der Waals surface area contributed by atoms with Crippen LogP contribution >= 0.6 is 0 Å². The minimum absolute atomic E-state index is 0. The molecule has 0 aliphatic rings. The van der Waals surface area contributed by atoms with Crippen molar-refractivity contribution in [3.05, 3.63) is 0 Å². The van der Waals surface area contributed by atoms with Crippen LogP contribution in [-0.2, 0) is 4.79 Å². The van der Waals surface area contributed by atoms with E-state index in [1.54, 1.807) is 13.8 Å². The first kappa shape index (κ1) is 12.1. The molecule has 0 saturated heterocycles. The van der Waals surface area contributed by atoms with E-state index in [1.807, 2.05) is 0 Å². The maximum absolute atomic E-state index is 10.0. The Morgan fingerprint density at radius 2 is 1.89 bits per heavy atom. The van der Waals surface area contributed by atoms with Crippen molar-refractivity contribution < 1.29 is 9.90 Å². The van der Waals surface area contributed by atoms with Crippen LogP contribution in [0.2, 0.25) is 0 Å². The van der Waals surface area contributed by atoms with E-state index in [-0.39, 0.29) is 35.5 Å². The summed E-state index contributed by atoms with van der Waals surface area (Å²) in [5.41, 5.74) is 5.16. The molecule has 0 fully saturated rings. The van der Waals surface area contributed by atoms with Crippen LogP contribution in [0.5, 0.6) is 0 Å². The molecular weight excluding hydrogens is 129 g/mol. The number of carbonyl (C=O) groups is 1. The van der Waals surface area contributed by atoms with E-state index in [4.69, 9.17) is 10.8 Å². The molecule has 0 amide bonds. The molecule has 4 heteroatoms. The zero-order chi connectivity index (χ0) is 6.73. The fourth-order valence-electron chi connectivity index (χ4n) is 0.285. The minimum atomic E-state index is -0.931. The molecule has 0 aromatic heterocycles. The Bertz CT molecular complexity index is 95.0. The fourth-order valence-corrected chi connectivity index (χ4v) is 0.285. The van der Waals surface area contributed by atoms with E-state index in [9.17, 15) is 4.79 Å². The number of aliphatic carboxylic acids is 1. The average molecular weight is 140 g/mol. The van der Waals surface area contributed by atoms with E-state index < -0.39 is 12.0 Å². The molecule has 0 spiro atoms. The largest absolute Gasteiger partial charge is 0.480 e. The molecule has 0 rings (SSSR count). The maximum Gasteiger partial charge on any atom is 0.320 e. The average Bonchev–Trinajstić information content (AvgIpc) is 1.64. The third-order valence-electron chi connectivity index (χ3n) is 1.00. The van der Waals surface area contributed by atoms with Gasteiger partial charge in [0, 0.05) is 29.6 Å². The van der Waals surface area contributed by atoms with Crippen molar-refractivity contribution in [2.45, 2.75) is 19.9 Å². The Balaban J connectivity index is 0. The SMILES string of the molecule is CC(C)[C@H](N)C(=O)O.[Na]. The number of nitrogens with two attached hydrogens (primary N) is 1. The molecule has 0 heterocycles. The molecule has 0 aromatic rings. The van der Waals surface area contributed by atoms with Gasteiger partial charge in [-0.25, -0.2) is 0 Å². The minimum Gasteiger partial charge on any atom is -0.480 e. The first-order valence-corrected chi connectivity index (χ1v) is 2.54. The standard InChI is InChI=1S/C5H11NO2.Na/c1-3(2)4(6)5(7)8;/h3-4H,6H2,1-2H3,(H,7,8);/t4-;/m0./s1. The molecule has 0 unspecified atom stereocenters. The number of hydrogen-bond acceptors (Lipinski definition) is 2. The summed E-state index contributed by atoms with van der Waals surface area (Å²) in [5, 5.41) is 8.23. The predicted molar refractivity (Wildman–Crippen MR) is 36.2 cm³/mol. The second-order valence-corrected chi connectivity index (χ2v) is 2.11. The summed E-state index contributed by atoms with van der Waals surface area (Å²) in [6.45, 7) is 3.55. The Labute approximate surface area is 76.9 Å². The maximum atomic E-state index is 10.0. The van der Waals surface area contributed by atoms with Crippen LogP contribution in [0.15, 0.2) is 0 Å². The normalized spacial score (nSPS) is 12.4. The summed E-state index contributed by atoms with van der Waals surface area (Å²) in [5.74, 6) is -0.910. The molecule has 0 aromatic carbocycles. The summed E-state index contributed by atoms with van der Waals surface area (Å²) in [6, 6.07) is -0.713. The molecule has 0 aliphatic heterocycles. The smallest absolute Gasteiger partial charge is 0.320 e. The van der Waals surface area contributed by atoms with Crippen LogP contribution in [-0.4, -0.2) is 46.7 Å². The number of carboxylic acids is 1. The van der Waals surface area contributed by atoms with Gasteiger partial charge >= 0.3 is 5.97 Å². The van der Waals surface area contributed by atoms with Crippen molar-refractivity contribution >= 4 is 35.5 Å². The first-order chi connectivity index (χ1) is 3.55. The molecule has 49 valence electrons. The van der Waals surface area contributed by atoms with Gasteiger partial charge in [-0.05, 0) is 5.92 Å². The number of rotatable bonds is 2. The molecular formula is C5H11NNaO2. The molecule has 1 radical (unpaired) electrons. The summed E-state index contributed by atoms with van der Waals surface area (Å²) < 4.78 is 0. The summed E-state index contributed by atoms with van der Waals surface area (Å²) >= 11 is 0. The monoisotopic (exact) mass is 140 g/mol. The fraction of sp³-hybridized carbons (Fsp3) is 0.800. The molecule has 0 saturated carbocycles. The van der Waals surface area contributed by atoms with Gasteiger partial charge in [-0.1, -0.05) is 13.8 Å². The van der Waals surface area contributed by atoms with Gasteiger partial charge in [-0.3, -0.25) is 4.79 Å². The molecule has 0 aliphatic carbocycles. The molecule has 3 N–H and O–H groups in total. The van der Waals surface area contributed by atoms with Crippen LogP contribution < -0.4 is 5.73 Å². The topological polar surface area (TPSA) is 63.3 Å². The van der Waals surface area contributed by atoms with Crippen molar-refractivity contribution in [1.29, 1.82) is 0 Å². The van der Waals surface area contributed by atoms with Crippen molar-refractivity contribution in [3.8, 4) is 0 Å². The quantitative estimate of drug-likeness (QED) is 0.516. The molecule has 0 bridgehead atoms. The summed E-state index contributed by atoms with van der Waals surface area (Å²) in [4.78, 5) is 10.0. The second kappa shape index (κ2) is 5.23. The van der Waals surface area contributed by atoms with E-state index in [2.05, 4.69) is 0 Å². The second-order valence-electron chi connectivity index (χ2n) is 2.11. The van der Waals surface area contributed by atoms with Crippen LogP contribution in [0.25, 0.3) is 0 Å². The summed E-state index contributed by atoms with van der Waals surface area (Å²) in [7, 11) is 0. The molecule has 3 nitrogen and oxygen atoms in total. The number of carboxylic acid groups (broad SMARTS) is 1. The zero-order valence-electron chi connectivity index (χ0n) is 6.09. The van der Waals surface area contributed by atoms with Crippen LogP contribution in [0, 0.1) is 5.92 Å². The van der Waals surface area contributed by atoms with Gasteiger partial charge in [0.05, 0.1) is 0 Å². The third kappa shape index (κ3) is 4.90.